The van der Waals surface area contributed by atoms with Crippen LogP contribution in [0.25, 0.3) is 0 Å². The predicted molar refractivity (Wildman–Crippen MR) is 49.7 cm³/mol. The molecular formula is C8H16N2O4. The number of ether oxygens (including phenoxy) is 1. The molecule has 6 nitrogen and oxygen atoms in total. The van der Waals surface area contributed by atoms with Crippen molar-refractivity contribution < 1.29 is 19.4 Å². The fourth-order valence-corrected chi connectivity index (χ4v) is 0.869. The third kappa shape index (κ3) is 3.31. The van der Waals surface area contributed by atoms with E-state index in [4.69, 9.17) is 15.6 Å². The lowest BCUT2D eigenvalue weighted by Crippen LogP contribution is -2.49. The summed E-state index contributed by atoms with van der Waals surface area (Å²) in [6.07, 6.45) is 0. The summed E-state index contributed by atoms with van der Waals surface area (Å²) >= 11 is 0. The van der Waals surface area contributed by atoms with Gasteiger partial charge in [0.1, 0.15) is 12.1 Å². The van der Waals surface area contributed by atoms with Gasteiger partial charge in [-0.1, -0.05) is 0 Å². The van der Waals surface area contributed by atoms with Crippen molar-refractivity contribution in [2.24, 2.45) is 5.73 Å². The highest BCUT2D eigenvalue weighted by Gasteiger charge is 2.25. The van der Waals surface area contributed by atoms with E-state index in [0.29, 0.717) is 0 Å². The maximum Gasteiger partial charge on any atom is 0.326 e. The number of carboxylic acid groups (broad SMARTS) is 1. The third-order valence-electron chi connectivity index (χ3n) is 1.95. The first-order valence-electron chi connectivity index (χ1n) is 4.15. The predicted octanol–water partition coefficient (Wildman–Crippen LogP) is -1.11. The van der Waals surface area contributed by atoms with Gasteiger partial charge in [0.15, 0.2) is 0 Å². The summed E-state index contributed by atoms with van der Waals surface area (Å²) in [6, 6.07) is -1.70. The van der Waals surface area contributed by atoms with Crippen LogP contribution in [0.2, 0.25) is 0 Å². The Morgan fingerprint density at radius 2 is 2.07 bits per heavy atom. The molecule has 2 atom stereocenters. The number of amides is 1. The van der Waals surface area contributed by atoms with Crippen LogP contribution in [0.3, 0.4) is 0 Å². The average molecular weight is 204 g/mol. The fourth-order valence-electron chi connectivity index (χ4n) is 0.869. The van der Waals surface area contributed by atoms with E-state index in [1.165, 1.54) is 21.1 Å². The summed E-state index contributed by atoms with van der Waals surface area (Å²) in [6.45, 7) is 1.50. The number of likely N-dealkylation sites (N-methyl/N-ethyl adjacent to an activating group) is 1. The van der Waals surface area contributed by atoms with Gasteiger partial charge in [-0.2, -0.15) is 0 Å². The summed E-state index contributed by atoms with van der Waals surface area (Å²) in [4.78, 5) is 23.1. The van der Waals surface area contributed by atoms with Crippen LogP contribution in [0.4, 0.5) is 0 Å². The van der Waals surface area contributed by atoms with Crippen molar-refractivity contribution in [2.45, 2.75) is 19.0 Å². The minimum absolute atomic E-state index is 0.0789. The van der Waals surface area contributed by atoms with Crippen molar-refractivity contribution >= 4 is 11.9 Å². The Kier molecular flexibility index (Phi) is 5.11. The number of methoxy groups -OCH3 is 1. The normalized spacial score (nSPS) is 14.6. The Hall–Kier alpha value is -1.14. The molecule has 0 aromatic heterocycles. The largest absolute Gasteiger partial charge is 0.480 e. The lowest BCUT2D eigenvalue weighted by atomic mass is 10.2. The van der Waals surface area contributed by atoms with Gasteiger partial charge in [0.05, 0.1) is 6.61 Å². The van der Waals surface area contributed by atoms with Gasteiger partial charge >= 0.3 is 5.97 Å². The smallest absolute Gasteiger partial charge is 0.326 e. The standard InChI is InChI=1S/C8H16N2O4/c1-5(8(12)13)10(2)7(11)6(9)4-14-3/h5-6H,4,9H2,1-3H3,(H,12,13). The molecule has 0 aliphatic heterocycles. The number of nitrogens with zero attached hydrogens (tertiary/aromatic N) is 1. The van der Waals surface area contributed by atoms with Crippen molar-refractivity contribution in [1.29, 1.82) is 0 Å². The number of carbonyl (C=O) groups excluding carboxylic acids is 1. The fraction of sp³-hybridized carbons (Fsp3) is 0.750. The first-order valence-corrected chi connectivity index (χ1v) is 4.15. The quantitative estimate of drug-likeness (QED) is 0.592. The molecule has 0 aromatic carbocycles. The van der Waals surface area contributed by atoms with Crippen LogP contribution in [0.1, 0.15) is 6.92 Å². The number of carboxylic acids is 1. The lowest BCUT2D eigenvalue weighted by Gasteiger charge is -2.24. The molecule has 3 N–H and O–H groups in total. The lowest BCUT2D eigenvalue weighted by molar-refractivity contribution is -0.149. The van der Waals surface area contributed by atoms with E-state index in [2.05, 4.69) is 0 Å². The summed E-state index contributed by atoms with van der Waals surface area (Å²) in [5, 5.41) is 8.65. The molecule has 0 rings (SSSR count). The molecule has 1 amide bonds. The van der Waals surface area contributed by atoms with Gasteiger partial charge in [-0.15, -0.1) is 0 Å². The molecule has 0 fully saturated rings. The molecule has 0 aliphatic rings. The first kappa shape index (κ1) is 12.9. The van der Waals surface area contributed by atoms with Gasteiger partial charge in [-0.05, 0) is 6.92 Å². The highest BCUT2D eigenvalue weighted by molar-refractivity contribution is 5.86. The van der Waals surface area contributed by atoms with Crippen molar-refractivity contribution in [3.05, 3.63) is 0 Å². The summed E-state index contributed by atoms with van der Waals surface area (Å²) in [7, 11) is 2.82. The van der Waals surface area contributed by atoms with Crippen LogP contribution < -0.4 is 5.73 Å². The first-order chi connectivity index (χ1) is 6.41. The number of carbonyl (C=O) groups is 2. The topological polar surface area (TPSA) is 92.9 Å². The van der Waals surface area contributed by atoms with E-state index in [-0.39, 0.29) is 6.61 Å². The van der Waals surface area contributed by atoms with Crippen molar-refractivity contribution in [3.8, 4) is 0 Å². The summed E-state index contributed by atoms with van der Waals surface area (Å²) < 4.78 is 4.70. The average Bonchev–Trinajstić information content (AvgIpc) is 2.14. The molecule has 14 heavy (non-hydrogen) atoms. The van der Waals surface area contributed by atoms with E-state index < -0.39 is 24.0 Å². The zero-order valence-corrected chi connectivity index (χ0v) is 8.56. The highest BCUT2D eigenvalue weighted by atomic mass is 16.5. The van der Waals surface area contributed by atoms with Gasteiger partial charge in [0.25, 0.3) is 0 Å². The third-order valence-corrected chi connectivity index (χ3v) is 1.95. The van der Waals surface area contributed by atoms with Gasteiger partial charge in [-0.25, -0.2) is 4.79 Å². The van der Waals surface area contributed by atoms with Gasteiger partial charge in [-0.3, -0.25) is 4.79 Å². The van der Waals surface area contributed by atoms with Crippen LogP contribution in [-0.2, 0) is 14.3 Å². The highest BCUT2D eigenvalue weighted by Crippen LogP contribution is 1.98. The van der Waals surface area contributed by atoms with Gasteiger partial charge < -0.3 is 20.5 Å². The summed E-state index contributed by atoms with van der Waals surface area (Å²) in [5.41, 5.74) is 5.46. The zero-order valence-electron chi connectivity index (χ0n) is 8.56. The zero-order chi connectivity index (χ0) is 11.3. The Morgan fingerprint density at radius 3 is 2.43 bits per heavy atom. The van der Waals surface area contributed by atoms with Crippen LogP contribution >= 0.6 is 0 Å². The second kappa shape index (κ2) is 5.56. The number of hydrogen-bond donors (Lipinski definition) is 2. The second-order valence-electron chi connectivity index (χ2n) is 3.03. The molecule has 6 heteroatoms. The molecule has 0 aliphatic carbocycles. The van der Waals surface area contributed by atoms with Crippen molar-refractivity contribution in [3.63, 3.8) is 0 Å². The number of hydrogen-bond acceptors (Lipinski definition) is 4. The molecule has 2 unspecified atom stereocenters. The maximum absolute atomic E-state index is 11.4. The van der Waals surface area contributed by atoms with E-state index >= 15 is 0 Å². The van der Waals surface area contributed by atoms with Crippen LogP contribution in [0, 0.1) is 0 Å². The molecule has 0 heterocycles. The molecule has 0 bridgehead atoms. The minimum Gasteiger partial charge on any atom is -0.480 e. The Bertz CT molecular complexity index is 219. The molecule has 0 saturated carbocycles. The molecule has 82 valence electrons. The SMILES string of the molecule is COCC(N)C(=O)N(C)C(C)C(=O)O. The molecule has 0 spiro atoms. The maximum atomic E-state index is 11.4. The van der Waals surface area contributed by atoms with Crippen molar-refractivity contribution in [2.75, 3.05) is 20.8 Å². The molecule has 0 aromatic rings. The molecule has 0 radical (unpaired) electrons. The van der Waals surface area contributed by atoms with Gasteiger partial charge in [0, 0.05) is 14.2 Å². The van der Waals surface area contributed by atoms with Crippen molar-refractivity contribution in [1.82, 2.24) is 4.90 Å². The number of aliphatic carboxylic acids is 1. The van der Waals surface area contributed by atoms with E-state index in [9.17, 15) is 9.59 Å². The molecule has 0 saturated heterocycles. The van der Waals surface area contributed by atoms with Crippen LogP contribution in [-0.4, -0.2) is 54.7 Å². The summed E-state index contributed by atoms with van der Waals surface area (Å²) in [5.74, 6) is -1.51. The Morgan fingerprint density at radius 1 is 1.57 bits per heavy atom. The molecular weight excluding hydrogens is 188 g/mol. The Labute approximate surface area is 82.6 Å². The van der Waals surface area contributed by atoms with Crippen LogP contribution in [0.15, 0.2) is 0 Å². The van der Waals surface area contributed by atoms with Gasteiger partial charge in [0.2, 0.25) is 5.91 Å². The van der Waals surface area contributed by atoms with E-state index in [1.807, 2.05) is 0 Å². The minimum atomic E-state index is -1.06. The number of rotatable bonds is 5. The van der Waals surface area contributed by atoms with E-state index in [1.54, 1.807) is 0 Å². The second-order valence-corrected chi connectivity index (χ2v) is 3.03. The van der Waals surface area contributed by atoms with E-state index in [0.717, 1.165) is 4.90 Å². The number of nitrogens with two attached hydrogens (primary N) is 1. The monoisotopic (exact) mass is 204 g/mol. The van der Waals surface area contributed by atoms with Crippen LogP contribution in [0.5, 0.6) is 0 Å². The Balaban J connectivity index is 4.30.